The number of rotatable bonds is 6. The summed E-state index contributed by atoms with van der Waals surface area (Å²) in [6, 6.07) is 16.3. The van der Waals surface area contributed by atoms with Gasteiger partial charge < -0.3 is 0 Å². The topological polar surface area (TPSA) is 0 Å². The molecule has 0 nitrogen and oxygen atoms in total. The van der Waals surface area contributed by atoms with Crippen LogP contribution in [0.5, 0.6) is 0 Å². The zero-order chi connectivity index (χ0) is 30.3. The first kappa shape index (κ1) is 31.9. The number of benzene rings is 2. The van der Waals surface area contributed by atoms with Crippen molar-refractivity contribution in [3.05, 3.63) is 70.1 Å². The second kappa shape index (κ2) is 12.3. The zero-order valence-corrected chi connectivity index (χ0v) is 30.5. The molecule has 0 spiro atoms. The molecule has 4 rings (SSSR count). The van der Waals surface area contributed by atoms with Gasteiger partial charge in [0.05, 0.1) is 11.8 Å². The molecular formula is C38H52SSi2. The van der Waals surface area contributed by atoms with Gasteiger partial charge in [-0.3, -0.25) is 0 Å². The van der Waals surface area contributed by atoms with E-state index in [2.05, 4.69) is 154 Å². The van der Waals surface area contributed by atoms with Crippen LogP contribution in [-0.2, 0) is 0 Å². The third-order valence-corrected chi connectivity index (χ3v) is 24.0. The summed E-state index contributed by atoms with van der Waals surface area (Å²) in [5.74, 6) is 8.18. The summed E-state index contributed by atoms with van der Waals surface area (Å²) in [5.41, 5.74) is 17.4. The highest BCUT2D eigenvalue weighted by Crippen LogP contribution is 2.47. The van der Waals surface area contributed by atoms with Crippen LogP contribution in [0.15, 0.2) is 47.8 Å². The van der Waals surface area contributed by atoms with Crippen molar-refractivity contribution in [1.82, 2.24) is 0 Å². The molecule has 0 N–H and O–H groups in total. The fraction of sp³-hybridized carbons (Fsp3) is 0.526. The summed E-state index contributed by atoms with van der Waals surface area (Å²) < 4.78 is 1.36. The van der Waals surface area contributed by atoms with Gasteiger partial charge in [-0.25, -0.2) is 0 Å². The second-order valence-electron chi connectivity index (χ2n) is 14.3. The number of hydrogen-bond acceptors (Lipinski definition) is 1. The van der Waals surface area contributed by atoms with Gasteiger partial charge in [0.25, 0.3) is 0 Å². The summed E-state index contributed by atoms with van der Waals surface area (Å²) in [7, 11) is -3.74. The van der Waals surface area contributed by atoms with E-state index >= 15 is 0 Å². The van der Waals surface area contributed by atoms with E-state index in [0.717, 1.165) is 0 Å². The van der Waals surface area contributed by atoms with Gasteiger partial charge in [0, 0.05) is 4.70 Å². The smallest absolute Gasteiger partial charge is 0.144 e. The van der Waals surface area contributed by atoms with E-state index in [4.69, 9.17) is 0 Å². The van der Waals surface area contributed by atoms with Crippen molar-refractivity contribution in [2.75, 3.05) is 0 Å². The Bertz CT molecular complexity index is 1340. The molecule has 1 aliphatic carbocycles. The SMILES string of the molecule is CC(C)[Si](C#CC1c2ccccc2C(C#C[Si](C(C)C)(C(C)C)C(C)C)c2cc3sccc3cc21)(C(C)C)C(C)C. The molecule has 2 atom stereocenters. The van der Waals surface area contributed by atoms with E-state index in [1.54, 1.807) is 0 Å². The predicted octanol–water partition coefficient (Wildman–Crippen LogP) is 11.9. The molecule has 0 amide bonds. The van der Waals surface area contributed by atoms with Crippen LogP contribution in [0.25, 0.3) is 10.1 Å². The molecule has 1 heterocycles. The van der Waals surface area contributed by atoms with Crippen LogP contribution in [0.2, 0.25) is 33.2 Å². The molecule has 0 saturated carbocycles. The molecule has 0 aliphatic heterocycles. The number of fused-ring (bicyclic) bond motifs is 3. The van der Waals surface area contributed by atoms with Gasteiger partial charge in [-0.2, -0.15) is 0 Å². The van der Waals surface area contributed by atoms with Crippen molar-refractivity contribution >= 4 is 37.6 Å². The molecule has 0 saturated heterocycles. The van der Waals surface area contributed by atoms with Crippen LogP contribution < -0.4 is 0 Å². The lowest BCUT2D eigenvalue weighted by molar-refractivity contribution is 0.835. The highest BCUT2D eigenvalue weighted by Gasteiger charge is 2.43. The third-order valence-electron chi connectivity index (χ3n) is 10.5. The first-order valence-electron chi connectivity index (χ1n) is 15.9. The minimum atomic E-state index is -1.87. The summed E-state index contributed by atoms with van der Waals surface area (Å²) >= 11 is 1.84. The fourth-order valence-electron chi connectivity index (χ4n) is 8.49. The molecule has 41 heavy (non-hydrogen) atoms. The van der Waals surface area contributed by atoms with Crippen LogP contribution in [-0.4, -0.2) is 16.1 Å². The normalized spacial score (nSPS) is 17.2. The average Bonchev–Trinajstić information content (AvgIpc) is 3.35. The molecule has 2 unspecified atom stereocenters. The Hall–Kier alpha value is -2.05. The first-order valence-corrected chi connectivity index (χ1v) is 21.3. The lowest BCUT2D eigenvalue weighted by Gasteiger charge is -2.39. The largest absolute Gasteiger partial charge is 0.146 e. The number of thiophene rings is 1. The maximum atomic E-state index is 4.10. The highest BCUT2D eigenvalue weighted by atomic mass is 32.1. The van der Waals surface area contributed by atoms with Crippen LogP contribution in [0.4, 0.5) is 0 Å². The molecule has 0 radical (unpaired) electrons. The van der Waals surface area contributed by atoms with Crippen molar-refractivity contribution in [1.29, 1.82) is 0 Å². The molecule has 1 aliphatic rings. The molecule has 0 fully saturated rings. The Kier molecular flexibility index (Phi) is 9.55. The Labute approximate surface area is 257 Å². The van der Waals surface area contributed by atoms with Gasteiger partial charge >= 0.3 is 0 Å². The maximum absolute atomic E-state index is 4.10. The van der Waals surface area contributed by atoms with Crippen LogP contribution >= 0.6 is 11.3 Å². The van der Waals surface area contributed by atoms with Crippen LogP contribution in [0.3, 0.4) is 0 Å². The molecule has 1 aromatic heterocycles. The van der Waals surface area contributed by atoms with Crippen molar-refractivity contribution < 1.29 is 0 Å². The standard InChI is InChI=1S/C38H52SSi2/c1-25(2)40(26(3)4,27(5)6)21-18-34-32-15-13-14-16-33(32)35(19-22-41(28(7)8,29(9)10)30(11)12)37-24-38-31(17-20-39-38)23-36(34)37/h13-17,20,23-30,34-35H,1-12H3. The van der Waals surface area contributed by atoms with E-state index in [1.807, 2.05) is 11.3 Å². The third kappa shape index (κ3) is 5.44. The molecular weight excluding hydrogens is 545 g/mol. The van der Waals surface area contributed by atoms with E-state index in [9.17, 15) is 0 Å². The van der Waals surface area contributed by atoms with Crippen molar-refractivity contribution in [3.63, 3.8) is 0 Å². The Balaban J connectivity index is 2.01. The van der Waals surface area contributed by atoms with Gasteiger partial charge in [0.15, 0.2) is 0 Å². The van der Waals surface area contributed by atoms with Gasteiger partial charge in [0.2, 0.25) is 0 Å². The summed E-state index contributed by atoms with van der Waals surface area (Å²) in [6.07, 6.45) is 0. The summed E-state index contributed by atoms with van der Waals surface area (Å²) in [4.78, 5) is 0. The Morgan fingerprint density at radius 2 is 0.927 bits per heavy atom. The van der Waals surface area contributed by atoms with Gasteiger partial charge in [-0.1, -0.05) is 119 Å². The maximum Gasteiger partial charge on any atom is 0.146 e. The molecule has 3 aromatic rings. The summed E-state index contributed by atoms with van der Waals surface area (Å²) in [5, 5.41) is 3.56. The van der Waals surface area contributed by atoms with E-state index in [-0.39, 0.29) is 11.8 Å². The van der Waals surface area contributed by atoms with E-state index < -0.39 is 16.1 Å². The molecule has 0 bridgehead atoms. The second-order valence-corrected chi connectivity index (χ2v) is 26.4. The predicted molar refractivity (Wildman–Crippen MR) is 190 cm³/mol. The van der Waals surface area contributed by atoms with Gasteiger partial charge in [-0.15, -0.1) is 22.4 Å². The minimum absolute atomic E-state index is 0.0916. The van der Waals surface area contributed by atoms with Crippen LogP contribution in [0.1, 0.15) is 117 Å². The summed E-state index contributed by atoms with van der Waals surface area (Å²) in [6.45, 7) is 29.0. The van der Waals surface area contributed by atoms with Crippen molar-refractivity contribution in [2.24, 2.45) is 0 Å². The van der Waals surface area contributed by atoms with Crippen molar-refractivity contribution in [3.8, 4) is 22.9 Å². The lowest BCUT2D eigenvalue weighted by atomic mass is 9.73. The van der Waals surface area contributed by atoms with Gasteiger partial charge in [-0.05, 0) is 84.5 Å². The quantitative estimate of drug-likeness (QED) is 0.196. The first-order chi connectivity index (χ1) is 19.3. The minimum Gasteiger partial charge on any atom is -0.144 e. The number of hydrogen-bond donors (Lipinski definition) is 0. The highest BCUT2D eigenvalue weighted by molar-refractivity contribution is 7.17. The van der Waals surface area contributed by atoms with E-state index in [0.29, 0.717) is 33.2 Å². The van der Waals surface area contributed by atoms with Crippen molar-refractivity contribution in [2.45, 2.75) is 128 Å². The van der Waals surface area contributed by atoms with Crippen LogP contribution in [0, 0.1) is 22.9 Å². The van der Waals surface area contributed by atoms with E-state index in [1.165, 1.54) is 32.3 Å². The van der Waals surface area contributed by atoms with Gasteiger partial charge in [0.1, 0.15) is 16.1 Å². The molecule has 218 valence electrons. The zero-order valence-electron chi connectivity index (χ0n) is 27.6. The fourth-order valence-corrected chi connectivity index (χ4v) is 19.8. The lowest BCUT2D eigenvalue weighted by Crippen LogP contribution is -2.43. The molecule has 3 heteroatoms. The Morgan fingerprint density at radius 3 is 1.32 bits per heavy atom. The average molecular weight is 597 g/mol. The Morgan fingerprint density at radius 1 is 0.537 bits per heavy atom. The monoisotopic (exact) mass is 596 g/mol. The molecule has 2 aromatic carbocycles.